The lowest BCUT2D eigenvalue weighted by Gasteiger charge is -2.58. The molecule has 0 unspecified atom stereocenters. The lowest BCUT2D eigenvalue weighted by molar-refractivity contribution is -0.403. The van der Waals surface area contributed by atoms with E-state index in [1.165, 1.54) is 0 Å². The zero-order valence-corrected chi connectivity index (χ0v) is 41.7. The first-order valence-electron chi connectivity index (χ1n) is 26.4. The van der Waals surface area contributed by atoms with Crippen molar-refractivity contribution in [2.45, 2.75) is 214 Å². The van der Waals surface area contributed by atoms with Crippen LogP contribution in [0.5, 0.6) is 0 Å². The van der Waals surface area contributed by atoms with Gasteiger partial charge in [0.05, 0.1) is 45.2 Å². The van der Waals surface area contributed by atoms with Gasteiger partial charge in [-0.15, -0.1) is 0 Å². The third-order valence-electron chi connectivity index (χ3n) is 19.3. The number of ether oxygens (including phenoxy) is 10. The molecule has 10 aliphatic rings. The molecule has 9 fully saturated rings. The third-order valence-corrected chi connectivity index (χ3v) is 19.3. The topological polar surface area (TPSA) is 352 Å². The number of carbonyl (C=O) groups excluding carboxylic acids is 1. The Hall–Kier alpha value is -1.47. The van der Waals surface area contributed by atoms with E-state index in [0.29, 0.717) is 49.9 Å². The van der Waals surface area contributed by atoms with Crippen molar-refractivity contribution in [3.8, 4) is 0 Å². The number of hydrogen-bond donors (Lipinski definition) is 12. The molecule has 6 saturated heterocycles. The van der Waals surface area contributed by atoms with Crippen LogP contribution < -0.4 is 0 Å². The van der Waals surface area contributed by atoms with Crippen LogP contribution in [0.3, 0.4) is 0 Å². The molecule has 73 heavy (non-hydrogen) atoms. The highest BCUT2D eigenvalue weighted by Gasteiger charge is 2.71. The lowest BCUT2D eigenvalue weighted by Crippen LogP contribution is -2.68. The molecule has 30 atom stereocenters. The summed E-state index contributed by atoms with van der Waals surface area (Å²) in [7, 11) is 0. The first-order valence-corrected chi connectivity index (χ1v) is 26.4. The van der Waals surface area contributed by atoms with Crippen molar-refractivity contribution in [1.29, 1.82) is 0 Å². The fourth-order valence-corrected chi connectivity index (χ4v) is 15.0. The number of carbonyl (C=O) groups is 1. The van der Waals surface area contributed by atoms with Crippen molar-refractivity contribution in [3.63, 3.8) is 0 Å². The Kier molecular flexibility index (Phi) is 15.8. The Bertz CT molecular complexity index is 1970. The molecule has 6 aliphatic heterocycles. The van der Waals surface area contributed by atoms with E-state index in [9.17, 15) is 66.1 Å². The summed E-state index contributed by atoms with van der Waals surface area (Å²) >= 11 is 0. The fourth-order valence-electron chi connectivity index (χ4n) is 15.0. The van der Waals surface area contributed by atoms with Gasteiger partial charge in [0, 0.05) is 30.1 Å². The molecule has 0 bridgehead atoms. The van der Waals surface area contributed by atoms with Gasteiger partial charge in [-0.2, -0.15) is 0 Å². The third kappa shape index (κ3) is 9.22. The van der Waals surface area contributed by atoms with Gasteiger partial charge in [-0.1, -0.05) is 39.3 Å². The Morgan fingerprint density at radius 3 is 1.96 bits per heavy atom. The highest BCUT2D eigenvalue weighted by molar-refractivity contribution is 5.87. The van der Waals surface area contributed by atoms with E-state index >= 15 is 0 Å². The zero-order chi connectivity index (χ0) is 52.2. The highest BCUT2D eigenvalue weighted by Crippen LogP contribution is 2.70. The molecule has 10 rings (SSSR count). The van der Waals surface area contributed by atoms with Gasteiger partial charge < -0.3 is 109 Å². The monoisotopic (exact) mass is 1050 g/mol. The molecule has 6 heterocycles. The van der Waals surface area contributed by atoms with Crippen LogP contribution in [-0.4, -0.2) is 235 Å². The number of aliphatic hydroxyl groups excluding tert-OH is 12. The largest absolute Gasteiger partial charge is 0.394 e. The number of hydrogen-bond acceptors (Lipinski definition) is 23. The molecule has 0 aromatic carbocycles. The van der Waals surface area contributed by atoms with Crippen LogP contribution in [0.15, 0.2) is 11.6 Å². The molecule has 0 radical (unpaired) electrons. The van der Waals surface area contributed by atoms with Gasteiger partial charge in [-0.3, -0.25) is 4.79 Å². The normalized spacial score (nSPS) is 56.1. The number of rotatable bonds is 11. The van der Waals surface area contributed by atoms with E-state index in [0.717, 1.165) is 31.3 Å². The average molecular weight is 1050 g/mol. The van der Waals surface area contributed by atoms with E-state index in [1.54, 1.807) is 0 Å². The van der Waals surface area contributed by atoms with E-state index in [1.807, 2.05) is 0 Å². The molecule has 416 valence electrons. The predicted molar refractivity (Wildman–Crippen MR) is 243 cm³/mol. The van der Waals surface area contributed by atoms with Crippen molar-refractivity contribution >= 4 is 5.78 Å². The standard InChI is InChI=1S/C50H78O23/c1-19-7-10-50(65-17-19)20(2)32-27(73-50)12-25-23-6-5-21-11-22(8-9-48(21,3)24(23)13-31(55)49(25,32)4)66-45-40(63)37(60)41(30(16-53)69-45)70-47-43(72-46-39(62)36(59)34(57)28(14-51)67-46)42(35(58)29(15-52)68-47)71-44-38(61)33(56)26(54)18-64-44/h5,19-20,22-30,32-47,51-54,56-63H,6-18H2,1-4H3/t19-,20-,22-,23+,24-,25-,26+,27-,28+,29+,30+,32-,33-,34+,35+,36-,37+,38+,39+,40+,41-,42-,43+,44-,45+,46-,47-,48-,49+,50+/m0/s1. The second-order valence-electron chi connectivity index (χ2n) is 23.3. The minimum atomic E-state index is -2.02. The van der Waals surface area contributed by atoms with Gasteiger partial charge >= 0.3 is 0 Å². The second kappa shape index (κ2) is 21.0. The van der Waals surface area contributed by atoms with E-state index in [4.69, 9.17) is 47.4 Å². The number of allylic oxidation sites excluding steroid dienone is 1. The average Bonchev–Trinajstić information content (AvgIpc) is 3.83. The molecular formula is C50H78O23. The number of fused-ring (bicyclic) bond motifs is 7. The zero-order valence-electron chi connectivity index (χ0n) is 41.7. The molecule has 0 aromatic rings. The van der Waals surface area contributed by atoms with Gasteiger partial charge in [0.25, 0.3) is 0 Å². The molecule has 12 N–H and O–H groups in total. The van der Waals surface area contributed by atoms with Crippen molar-refractivity contribution in [2.24, 2.45) is 46.3 Å². The Morgan fingerprint density at radius 2 is 1.26 bits per heavy atom. The first-order chi connectivity index (χ1) is 34.7. The van der Waals surface area contributed by atoms with Crippen LogP contribution in [0.1, 0.15) is 79.1 Å². The van der Waals surface area contributed by atoms with E-state index < -0.39 is 160 Å². The Balaban J connectivity index is 0.833. The van der Waals surface area contributed by atoms with Crippen molar-refractivity contribution in [2.75, 3.05) is 33.0 Å². The maximum Gasteiger partial charge on any atom is 0.187 e. The summed E-state index contributed by atoms with van der Waals surface area (Å²) in [6, 6.07) is 0. The molecule has 23 nitrogen and oxygen atoms in total. The Labute approximate surface area is 423 Å². The number of Topliss-reactive ketones (excluding diaryl/α,β-unsaturated/α-hetero) is 1. The summed E-state index contributed by atoms with van der Waals surface area (Å²) < 4.78 is 61.0. The van der Waals surface area contributed by atoms with Crippen LogP contribution in [-0.2, 0) is 52.2 Å². The lowest BCUT2D eigenvalue weighted by atomic mass is 9.46. The predicted octanol–water partition coefficient (Wildman–Crippen LogP) is -3.17. The number of ketones is 1. The van der Waals surface area contributed by atoms with Crippen LogP contribution >= 0.6 is 0 Å². The molecule has 3 saturated carbocycles. The summed E-state index contributed by atoms with van der Waals surface area (Å²) in [6.45, 7) is 6.44. The Morgan fingerprint density at radius 1 is 0.630 bits per heavy atom. The summed E-state index contributed by atoms with van der Waals surface area (Å²) in [5.74, 6) is 0.935. The molecule has 0 amide bonds. The van der Waals surface area contributed by atoms with Crippen LogP contribution in [0.2, 0.25) is 0 Å². The van der Waals surface area contributed by atoms with Gasteiger partial charge in [0.15, 0.2) is 30.9 Å². The van der Waals surface area contributed by atoms with Crippen molar-refractivity contribution in [1.82, 2.24) is 0 Å². The van der Waals surface area contributed by atoms with Gasteiger partial charge in [0.1, 0.15) is 97.3 Å². The van der Waals surface area contributed by atoms with Crippen LogP contribution in [0.25, 0.3) is 0 Å². The summed E-state index contributed by atoms with van der Waals surface area (Å²) in [6.07, 6.45) is -26.0. The minimum absolute atomic E-state index is 0.0324. The van der Waals surface area contributed by atoms with Gasteiger partial charge in [-0.05, 0) is 67.6 Å². The van der Waals surface area contributed by atoms with E-state index in [2.05, 4.69) is 33.8 Å². The smallest absolute Gasteiger partial charge is 0.187 e. The van der Waals surface area contributed by atoms with Crippen LogP contribution in [0, 0.1) is 46.3 Å². The molecular weight excluding hydrogens is 969 g/mol. The first kappa shape index (κ1) is 54.9. The van der Waals surface area contributed by atoms with Gasteiger partial charge in [0.2, 0.25) is 0 Å². The second-order valence-corrected chi connectivity index (χ2v) is 23.3. The summed E-state index contributed by atoms with van der Waals surface area (Å²) in [5.41, 5.74) is 0.363. The van der Waals surface area contributed by atoms with Crippen molar-refractivity contribution in [3.05, 3.63) is 11.6 Å². The highest BCUT2D eigenvalue weighted by atomic mass is 16.8. The van der Waals surface area contributed by atoms with E-state index in [-0.39, 0.29) is 35.2 Å². The van der Waals surface area contributed by atoms with Crippen molar-refractivity contribution < 1.29 is 113 Å². The molecule has 23 heteroatoms. The summed E-state index contributed by atoms with van der Waals surface area (Å²) in [5, 5.41) is 129. The maximum absolute atomic E-state index is 14.7. The molecule has 1 spiro atoms. The maximum atomic E-state index is 14.7. The fraction of sp³-hybridized carbons (Fsp3) is 0.940. The minimum Gasteiger partial charge on any atom is -0.394 e. The molecule has 4 aliphatic carbocycles. The van der Waals surface area contributed by atoms with Crippen LogP contribution in [0.4, 0.5) is 0 Å². The number of aliphatic hydroxyl groups is 12. The van der Waals surface area contributed by atoms with Gasteiger partial charge in [-0.25, -0.2) is 0 Å². The summed E-state index contributed by atoms with van der Waals surface area (Å²) in [4.78, 5) is 14.7. The molecule has 0 aromatic heterocycles. The SMILES string of the molecule is C[C@H]1CC[C@@]2(OC1)O[C@H]1C[C@H]3[C@@H]4CC=C5C[C@@H](O[C@@H]6O[C@H](CO)[C@H](O[C@@H]7O[C@H](CO)[C@@H](O)[C@H](O[C@@H]8OC[C@@H](O)[C@H](O)[C@H]8O)[C@H]7O[C@@H]7O[C@H](CO)[C@@H](O)[C@H](O)[C@H]7O)[C@H](O)[C@H]6O)CC[C@]5(C)[C@H]4CC(=O)[C@]3(C)[C@H]1[C@@H]2C. The quantitative estimate of drug-likeness (QED) is 0.0908.